The molecule has 17 heavy (non-hydrogen) atoms. The fourth-order valence-electron chi connectivity index (χ4n) is 1.60. The van der Waals surface area contributed by atoms with Crippen LogP contribution >= 0.6 is 0 Å². The highest BCUT2D eigenvalue weighted by Crippen LogP contribution is 2.08. The van der Waals surface area contributed by atoms with E-state index in [9.17, 15) is 4.79 Å². The van der Waals surface area contributed by atoms with Crippen LogP contribution in [-0.2, 0) is 13.1 Å². The van der Waals surface area contributed by atoms with Crippen LogP contribution in [-0.4, -0.2) is 5.91 Å². The lowest BCUT2D eigenvalue weighted by atomic mass is 10.1. The van der Waals surface area contributed by atoms with Gasteiger partial charge in [-0.2, -0.15) is 0 Å². The molecule has 2 aromatic rings. The molecule has 0 unspecified atom stereocenters. The van der Waals surface area contributed by atoms with Crippen LogP contribution in [0.1, 0.15) is 21.7 Å². The largest absolute Gasteiger partial charge is 0.467 e. The summed E-state index contributed by atoms with van der Waals surface area (Å²) in [6.07, 6.45) is 1.58. The zero-order valence-electron chi connectivity index (χ0n) is 9.35. The van der Waals surface area contributed by atoms with E-state index < -0.39 is 0 Å². The molecule has 0 radical (unpaired) electrons. The maximum Gasteiger partial charge on any atom is 0.251 e. The van der Waals surface area contributed by atoms with Gasteiger partial charge in [-0.1, -0.05) is 18.2 Å². The zero-order chi connectivity index (χ0) is 12.1. The van der Waals surface area contributed by atoms with Gasteiger partial charge in [-0.05, 0) is 23.8 Å². The summed E-state index contributed by atoms with van der Waals surface area (Å²) in [5.41, 5.74) is 7.03. The van der Waals surface area contributed by atoms with Crippen molar-refractivity contribution in [3.63, 3.8) is 0 Å². The average molecular weight is 230 g/mol. The fourth-order valence-corrected chi connectivity index (χ4v) is 1.60. The second kappa shape index (κ2) is 5.32. The Morgan fingerprint density at radius 3 is 2.76 bits per heavy atom. The molecule has 0 aliphatic heterocycles. The van der Waals surface area contributed by atoms with Crippen molar-refractivity contribution < 1.29 is 9.21 Å². The van der Waals surface area contributed by atoms with E-state index in [0.29, 0.717) is 18.7 Å². The van der Waals surface area contributed by atoms with Gasteiger partial charge in [-0.25, -0.2) is 0 Å². The van der Waals surface area contributed by atoms with E-state index in [-0.39, 0.29) is 5.91 Å². The number of carbonyl (C=O) groups is 1. The molecule has 1 aromatic heterocycles. The Balaban J connectivity index is 2.04. The average Bonchev–Trinajstić information content (AvgIpc) is 2.89. The summed E-state index contributed by atoms with van der Waals surface area (Å²) < 4.78 is 5.14. The molecule has 1 heterocycles. The lowest BCUT2D eigenvalue weighted by Crippen LogP contribution is -2.24. The van der Waals surface area contributed by atoms with E-state index in [1.54, 1.807) is 18.4 Å². The number of rotatable bonds is 4. The summed E-state index contributed by atoms with van der Waals surface area (Å²) in [6, 6.07) is 10.9. The smallest absolute Gasteiger partial charge is 0.251 e. The van der Waals surface area contributed by atoms with Crippen molar-refractivity contribution in [1.82, 2.24) is 5.32 Å². The molecule has 4 heteroatoms. The Hall–Kier alpha value is -2.07. The van der Waals surface area contributed by atoms with Gasteiger partial charge in [0.15, 0.2) is 0 Å². The predicted molar refractivity (Wildman–Crippen MR) is 64.2 cm³/mol. The quantitative estimate of drug-likeness (QED) is 0.839. The molecule has 88 valence electrons. The molecule has 2 rings (SSSR count). The number of hydrogen-bond acceptors (Lipinski definition) is 3. The molecule has 3 N–H and O–H groups in total. The van der Waals surface area contributed by atoms with Gasteiger partial charge in [0.05, 0.1) is 12.8 Å². The normalized spacial score (nSPS) is 10.2. The Morgan fingerprint density at radius 2 is 2.06 bits per heavy atom. The first-order valence-electron chi connectivity index (χ1n) is 5.40. The lowest BCUT2D eigenvalue weighted by molar-refractivity contribution is 0.0947. The van der Waals surface area contributed by atoms with Crippen LogP contribution in [0.4, 0.5) is 0 Å². The molecule has 0 bridgehead atoms. The van der Waals surface area contributed by atoms with E-state index in [4.69, 9.17) is 10.2 Å². The monoisotopic (exact) mass is 230 g/mol. The van der Waals surface area contributed by atoms with Crippen molar-refractivity contribution in [2.24, 2.45) is 5.73 Å². The number of furan rings is 1. The number of amides is 1. The van der Waals surface area contributed by atoms with Gasteiger partial charge in [-0.15, -0.1) is 0 Å². The minimum Gasteiger partial charge on any atom is -0.467 e. The summed E-state index contributed by atoms with van der Waals surface area (Å²) in [6.45, 7) is 0.731. The maximum atomic E-state index is 11.9. The maximum absolute atomic E-state index is 11.9. The first-order valence-corrected chi connectivity index (χ1v) is 5.40. The highest BCUT2D eigenvalue weighted by atomic mass is 16.3. The molecular formula is C13H14N2O2. The number of nitrogens with two attached hydrogens (primary N) is 1. The molecule has 0 atom stereocenters. The van der Waals surface area contributed by atoms with Gasteiger partial charge in [-0.3, -0.25) is 4.79 Å². The molecular weight excluding hydrogens is 216 g/mol. The van der Waals surface area contributed by atoms with Gasteiger partial charge in [0, 0.05) is 12.1 Å². The van der Waals surface area contributed by atoms with E-state index >= 15 is 0 Å². The van der Waals surface area contributed by atoms with E-state index in [1.165, 1.54) is 0 Å². The Labute approximate surface area is 99.4 Å². The first-order chi connectivity index (χ1) is 8.31. The molecule has 1 amide bonds. The highest BCUT2D eigenvalue weighted by Gasteiger charge is 2.09. The summed E-state index contributed by atoms with van der Waals surface area (Å²) in [5, 5.41) is 2.79. The van der Waals surface area contributed by atoms with Crippen LogP contribution in [0, 0.1) is 0 Å². The SMILES string of the molecule is NCc1ccccc1C(=O)NCc1ccco1. The third kappa shape index (κ3) is 2.73. The highest BCUT2D eigenvalue weighted by molar-refractivity contribution is 5.95. The van der Waals surface area contributed by atoms with Gasteiger partial charge < -0.3 is 15.5 Å². The molecule has 4 nitrogen and oxygen atoms in total. The van der Waals surface area contributed by atoms with Crippen molar-refractivity contribution in [2.75, 3.05) is 0 Å². The first kappa shape index (κ1) is 11.4. The molecule has 0 saturated carbocycles. The van der Waals surface area contributed by atoms with Crippen LogP contribution in [0.25, 0.3) is 0 Å². The van der Waals surface area contributed by atoms with Crippen LogP contribution < -0.4 is 11.1 Å². The van der Waals surface area contributed by atoms with Gasteiger partial charge in [0.1, 0.15) is 5.76 Å². The van der Waals surface area contributed by atoms with E-state index in [1.807, 2.05) is 24.3 Å². The van der Waals surface area contributed by atoms with Crippen molar-refractivity contribution in [3.05, 3.63) is 59.5 Å². The van der Waals surface area contributed by atoms with E-state index in [0.717, 1.165) is 11.3 Å². The summed E-state index contributed by atoms with van der Waals surface area (Å²) >= 11 is 0. The number of nitrogens with one attached hydrogen (secondary N) is 1. The Morgan fingerprint density at radius 1 is 1.24 bits per heavy atom. The number of hydrogen-bond donors (Lipinski definition) is 2. The minimum atomic E-state index is -0.137. The van der Waals surface area contributed by atoms with Gasteiger partial charge in [0.2, 0.25) is 0 Å². The summed E-state index contributed by atoms with van der Waals surface area (Å²) in [7, 11) is 0. The number of carbonyl (C=O) groups excluding carboxylic acids is 1. The molecule has 0 spiro atoms. The zero-order valence-corrected chi connectivity index (χ0v) is 9.35. The number of benzene rings is 1. The predicted octanol–water partition coefficient (Wildman–Crippen LogP) is 1.67. The fraction of sp³-hybridized carbons (Fsp3) is 0.154. The standard InChI is InChI=1S/C13H14N2O2/c14-8-10-4-1-2-6-12(10)13(16)15-9-11-5-3-7-17-11/h1-7H,8-9,14H2,(H,15,16). The Kier molecular flexibility index (Phi) is 3.57. The Bertz CT molecular complexity index is 492. The third-order valence-electron chi connectivity index (χ3n) is 2.49. The molecule has 0 saturated heterocycles. The van der Waals surface area contributed by atoms with Crippen LogP contribution in [0.3, 0.4) is 0 Å². The second-order valence-corrected chi connectivity index (χ2v) is 3.62. The lowest BCUT2D eigenvalue weighted by Gasteiger charge is -2.07. The van der Waals surface area contributed by atoms with Crippen molar-refractivity contribution in [1.29, 1.82) is 0 Å². The van der Waals surface area contributed by atoms with Crippen LogP contribution in [0.2, 0.25) is 0 Å². The summed E-state index contributed by atoms with van der Waals surface area (Å²) in [4.78, 5) is 11.9. The third-order valence-corrected chi connectivity index (χ3v) is 2.49. The van der Waals surface area contributed by atoms with Crippen LogP contribution in [0.5, 0.6) is 0 Å². The van der Waals surface area contributed by atoms with Crippen molar-refractivity contribution in [2.45, 2.75) is 13.1 Å². The topological polar surface area (TPSA) is 68.3 Å². The van der Waals surface area contributed by atoms with Gasteiger partial charge >= 0.3 is 0 Å². The van der Waals surface area contributed by atoms with E-state index in [2.05, 4.69) is 5.32 Å². The van der Waals surface area contributed by atoms with Gasteiger partial charge in [0.25, 0.3) is 5.91 Å². The minimum absolute atomic E-state index is 0.137. The summed E-state index contributed by atoms with van der Waals surface area (Å²) in [5.74, 6) is 0.589. The molecule has 0 aliphatic rings. The second-order valence-electron chi connectivity index (χ2n) is 3.62. The molecule has 0 fully saturated rings. The molecule has 1 aromatic carbocycles. The molecule has 0 aliphatic carbocycles. The van der Waals surface area contributed by atoms with Crippen molar-refractivity contribution >= 4 is 5.91 Å². The van der Waals surface area contributed by atoms with Crippen molar-refractivity contribution in [3.8, 4) is 0 Å². The van der Waals surface area contributed by atoms with Crippen LogP contribution in [0.15, 0.2) is 47.1 Å².